The van der Waals surface area contributed by atoms with Crippen LogP contribution in [0.25, 0.3) is 0 Å². The van der Waals surface area contributed by atoms with E-state index in [1.165, 1.54) is 16.8 Å². The Morgan fingerprint density at radius 2 is 2.15 bits per heavy atom. The molecule has 68 valence electrons. The molecule has 0 spiro atoms. The van der Waals surface area contributed by atoms with Crippen molar-refractivity contribution in [1.82, 2.24) is 0 Å². The molecule has 2 rings (SSSR count). The lowest BCUT2D eigenvalue weighted by Crippen LogP contribution is -2.11. The van der Waals surface area contributed by atoms with Gasteiger partial charge in [-0.3, -0.25) is 4.99 Å². The summed E-state index contributed by atoms with van der Waals surface area (Å²) >= 11 is 0. The van der Waals surface area contributed by atoms with Crippen molar-refractivity contribution in [3.05, 3.63) is 29.3 Å². The van der Waals surface area contributed by atoms with Crippen molar-refractivity contribution in [3.8, 4) is 0 Å². The van der Waals surface area contributed by atoms with Gasteiger partial charge < -0.3 is 4.90 Å². The van der Waals surface area contributed by atoms with Gasteiger partial charge in [0.2, 0.25) is 0 Å². The summed E-state index contributed by atoms with van der Waals surface area (Å²) in [5, 5.41) is 0. The molecule has 0 saturated heterocycles. The van der Waals surface area contributed by atoms with Gasteiger partial charge in [0.05, 0.1) is 0 Å². The molecule has 2 heteroatoms. The highest BCUT2D eigenvalue weighted by atomic mass is 15.1. The maximum atomic E-state index is 4.25. The summed E-state index contributed by atoms with van der Waals surface area (Å²) in [5.41, 5.74) is 3.96. The van der Waals surface area contributed by atoms with Crippen LogP contribution in [0.1, 0.15) is 11.1 Å². The van der Waals surface area contributed by atoms with E-state index in [4.69, 9.17) is 0 Å². The van der Waals surface area contributed by atoms with Crippen LogP contribution in [0.2, 0.25) is 0 Å². The number of aliphatic imine (C=N–C) groups is 1. The summed E-state index contributed by atoms with van der Waals surface area (Å²) in [6.45, 7) is 0.934. The van der Waals surface area contributed by atoms with Gasteiger partial charge in [-0.05, 0) is 29.7 Å². The molecule has 13 heavy (non-hydrogen) atoms. The van der Waals surface area contributed by atoms with Gasteiger partial charge >= 0.3 is 0 Å². The van der Waals surface area contributed by atoms with E-state index in [1.807, 2.05) is 6.21 Å². The number of anilines is 1. The van der Waals surface area contributed by atoms with E-state index >= 15 is 0 Å². The van der Waals surface area contributed by atoms with Crippen molar-refractivity contribution in [2.45, 2.75) is 6.42 Å². The van der Waals surface area contributed by atoms with Gasteiger partial charge in [-0.25, -0.2) is 0 Å². The molecule has 0 aromatic heterocycles. The fourth-order valence-corrected chi connectivity index (χ4v) is 1.56. The Morgan fingerprint density at radius 3 is 2.92 bits per heavy atom. The molecule has 0 atom stereocenters. The quantitative estimate of drug-likeness (QED) is 0.633. The smallest absolute Gasteiger partial charge is 0.0430 e. The average Bonchev–Trinajstić information content (AvgIpc) is 2.17. The Bertz CT molecular complexity index is 340. The molecule has 1 aliphatic heterocycles. The number of benzene rings is 1. The van der Waals surface area contributed by atoms with Crippen molar-refractivity contribution < 1.29 is 0 Å². The largest absolute Gasteiger partial charge is 0.378 e. The standard InChI is InChI=1S/C11H14N2/c1-13(2)11-4-3-10-8-12-6-5-9(10)7-11/h3-4,7-8H,5-6H2,1-2H3. The first kappa shape index (κ1) is 8.30. The van der Waals surface area contributed by atoms with Gasteiger partial charge in [-0.15, -0.1) is 0 Å². The van der Waals surface area contributed by atoms with Crippen molar-refractivity contribution in [1.29, 1.82) is 0 Å². The van der Waals surface area contributed by atoms with Crippen LogP contribution in [0, 0.1) is 0 Å². The van der Waals surface area contributed by atoms with Crippen LogP contribution in [0.15, 0.2) is 23.2 Å². The molecule has 0 N–H and O–H groups in total. The Morgan fingerprint density at radius 1 is 1.31 bits per heavy atom. The first-order chi connectivity index (χ1) is 6.27. The molecule has 0 amide bonds. The second-order valence-electron chi connectivity index (χ2n) is 3.56. The minimum absolute atomic E-state index is 0.934. The topological polar surface area (TPSA) is 15.6 Å². The Labute approximate surface area is 78.9 Å². The summed E-state index contributed by atoms with van der Waals surface area (Å²) in [5.74, 6) is 0. The van der Waals surface area contributed by atoms with Crippen molar-refractivity contribution in [3.63, 3.8) is 0 Å². The van der Waals surface area contributed by atoms with Crippen LogP contribution in [-0.2, 0) is 6.42 Å². The van der Waals surface area contributed by atoms with Gasteiger partial charge in [0.1, 0.15) is 0 Å². The number of hydrogen-bond donors (Lipinski definition) is 0. The molecule has 0 radical (unpaired) electrons. The molecular weight excluding hydrogens is 160 g/mol. The van der Waals surface area contributed by atoms with E-state index in [0.717, 1.165) is 13.0 Å². The Balaban J connectivity index is 2.42. The summed E-state index contributed by atoms with van der Waals surface area (Å²) in [4.78, 5) is 6.39. The van der Waals surface area contributed by atoms with Gasteiger partial charge in [-0.1, -0.05) is 6.07 Å². The predicted molar refractivity (Wildman–Crippen MR) is 56.9 cm³/mol. The van der Waals surface area contributed by atoms with E-state index in [2.05, 4.69) is 42.2 Å². The molecule has 2 nitrogen and oxygen atoms in total. The van der Waals surface area contributed by atoms with E-state index in [-0.39, 0.29) is 0 Å². The molecule has 0 bridgehead atoms. The van der Waals surface area contributed by atoms with Gasteiger partial charge in [0, 0.05) is 32.5 Å². The van der Waals surface area contributed by atoms with Gasteiger partial charge in [-0.2, -0.15) is 0 Å². The second kappa shape index (κ2) is 3.21. The number of fused-ring (bicyclic) bond motifs is 1. The lowest BCUT2D eigenvalue weighted by atomic mass is 10.0. The second-order valence-corrected chi connectivity index (χ2v) is 3.56. The lowest BCUT2D eigenvalue weighted by molar-refractivity contribution is 0.949. The van der Waals surface area contributed by atoms with E-state index in [9.17, 15) is 0 Å². The zero-order valence-electron chi connectivity index (χ0n) is 8.12. The van der Waals surface area contributed by atoms with E-state index < -0.39 is 0 Å². The minimum Gasteiger partial charge on any atom is -0.378 e. The maximum Gasteiger partial charge on any atom is 0.0430 e. The highest BCUT2D eigenvalue weighted by Crippen LogP contribution is 2.19. The SMILES string of the molecule is CN(C)c1ccc2c(c1)CCN=C2. The van der Waals surface area contributed by atoms with Crippen molar-refractivity contribution >= 4 is 11.9 Å². The molecule has 1 heterocycles. The number of hydrogen-bond acceptors (Lipinski definition) is 2. The lowest BCUT2D eigenvalue weighted by Gasteiger charge is -2.16. The summed E-state index contributed by atoms with van der Waals surface area (Å²) in [6.07, 6.45) is 3.05. The van der Waals surface area contributed by atoms with Crippen LogP contribution in [-0.4, -0.2) is 26.9 Å². The number of nitrogens with zero attached hydrogens (tertiary/aromatic N) is 2. The highest BCUT2D eigenvalue weighted by Gasteiger charge is 2.06. The molecule has 0 aliphatic carbocycles. The summed E-state index contributed by atoms with van der Waals surface area (Å²) in [6, 6.07) is 6.53. The third-order valence-corrected chi connectivity index (χ3v) is 2.38. The third kappa shape index (κ3) is 1.57. The molecule has 1 aromatic rings. The van der Waals surface area contributed by atoms with Gasteiger partial charge in [0.15, 0.2) is 0 Å². The van der Waals surface area contributed by atoms with Crippen molar-refractivity contribution in [2.75, 3.05) is 25.5 Å². The summed E-state index contributed by atoms with van der Waals surface area (Å²) < 4.78 is 0. The van der Waals surface area contributed by atoms with Crippen LogP contribution in [0.3, 0.4) is 0 Å². The van der Waals surface area contributed by atoms with Gasteiger partial charge in [0.25, 0.3) is 0 Å². The molecule has 1 aliphatic rings. The molecule has 0 fully saturated rings. The minimum atomic E-state index is 0.934. The normalized spacial score (nSPS) is 14.0. The Hall–Kier alpha value is -1.31. The fourth-order valence-electron chi connectivity index (χ4n) is 1.56. The van der Waals surface area contributed by atoms with Crippen LogP contribution in [0.4, 0.5) is 5.69 Å². The Kier molecular flexibility index (Phi) is 2.05. The average molecular weight is 174 g/mol. The monoisotopic (exact) mass is 174 g/mol. The number of rotatable bonds is 1. The molecule has 1 aromatic carbocycles. The zero-order valence-corrected chi connectivity index (χ0v) is 8.12. The third-order valence-electron chi connectivity index (χ3n) is 2.38. The van der Waals surface area contributed by atoms with Crippen LogP contribution >= 0.6 is 0 Å². The predicted octanol–water partition coefficient (Wildman–Crippen LogP) is 1.73. The van der Waals surface area contributed by atoms with E-state index in [0.29, 0.717) is 0 Å². The maximum absolute atomic E-state index is 4.25. The first-order valence-corrected chi connectivity index (χ1v) is 4.57. The summed E-state index contributed by atoms with van der Waals surface area (Å²) in [7, 11) is 4.14. The van der Waals surface area contributed by atoms with E-state index in [1.54, 1.807) is 0 Å². The zero-order chi connectivity index (χ0) is 9.26. The van der Waals surface area contributed by atoms with Crippen LogP contribution in [0.5, 0.6) is 0 Å². The molecule has 0 unspecified atom stereocenters. The molecular formula is C11H14N2. The van der Waals surface area contributed by atoms with Crippen molar-refractivity contribution in [2.24, 2.45) is 4.99 Å². The first-order valence-electron chi connectivity index (χ1n) is 4.57. The highest BCUT2D eigenvalue weighted by molar-refractivity contribution is 5.83. The van der Waals surface area contributed by atoms with Crippen LogP contribution < -0.4 is 4.90 Å². The fraction of sp³-hybridized carbons (Fsp3) is 0.364. The molecule has 0 saturated carbocycles.